The van der Waals surface area contributed by atoms with E-state index in [1.54, 1.807) is 18.4 Å². The number of nitrogens with zero attached hydrogens (tertiary/aromatic N) is 2. The molecule has 31 heavy (non-hydrogen) atoms. The number of carbonyl (C=O) groups is 1. The zero-order valence-electron chi connectivity index (χ0n) is 17.6. The van der Waals surface area contributed by atoms with Crippen molar-refractivity contribution in [2.75, 3.05) is 18.2 Å². The Morgan fingerprint density at radius 2 is 1.84 bits per heavy atom. The summed E-state index contributed by atoms with van der Waals surface area (Å²) >= 11 is 3.14. The molecular weight excluding hydrogens is 426 g/mol. The highest BCUT2D eigenvalue weighted by atomic mass is 32.2. The molecule has 1 amide bonds. The van der Waals surface area contributed by atoms with Crippen molar-refractivity contribution in [2.24, 2.45) is 0 Å². The number of aromatic nitrogens is 2. The van der Waals surface area contributed by atoms with Gasteiger partial charge < -0.3 is 10.1 Å². The van der Waals surface area contributed by atoms with Gasteiger partial charge >= 0.3 is 0 Å². The molecule has 0 aliphatic heterocycles. The van der Waals surface area contributed by atoms with Gasteiger partial charge in [-0.3, -0.25) is 4.79 Å². The number of amides is 1. The minimum atomic E-state index is -0.0565. The Kier molecular flexibility index (Phi) is 6.53. The summed E-state index contributed by atoms with van der Waals surface area (Å²) in [4.78, 5) is 24.4. The van der Waals surface area contributed by atoms with Crippen LogP contribution in [0.25, 0.3) is 21.6 Å². The van der Waals surface area contributed by atoms with E-state index in [4.69, 9.17) is 14.7 Å². The molecule has 5 nitrogen and oxygen atoms in total. The standard InChI is InChI=1S/C24H23N3O2S2/c1-4-19-15(2)31-24-21(19)23(30-14-20(28)25-17-8-6-5-7-9-17)26-22(27-24)16-10-12-18(29-3)13-11-16/h5-13H,4,14H2,1-3H3,(H,25,28). The molecule has 0 aliphatic carbocycles. The lowest BCUT2D eigenvalue weighted by Crippen LogP contribution is -2.14. The number of hydrogen-bond donors (Lipinski definition) is 1. The highest BCUT2D eigenvalue weighted by molar-refractivity contribution is 8.00. The van der Waals surface area contributed by atoms with Gasteiger partial charge in [-0.2, -0.15) is 0 Å². The van der Waals surface area contributed by atoms with Crippen molar-refractivity contribution in [1.29, 1.82) is 0 Å². The molecule has 2 aromatic carbocycles. The second-order valence-electron chi connectivity index (χ2n) is 6.95. The van der Waals surface area contributed by atoms with Crippen molar-refractivity contribution in [1.82, 2.24) is 9.97 Å². The first-order valence-electron chi connectivity index (χ1n) is 10.0. The first-order valence-corrected chi connectivity index (χ1v) is 11.8. The number of carbonyl (C=O) groups excluding carboxylic acids is 1. The molecule has 0 radical (unpaired) electrons. The fourth-order valence-corrected chi connectivity index (χ4v) is 5.42. The van der Waals surface area contributed by atoms with Crippen LogP contribution < -0.4 is 10.1 Å². The Labute approximate surface area is 189 Å². The van der Waals surface area contributed by atoms with E-state index in [-0.39, 0.29) is 11.7 Å². The van der Waals surface area contributed by atoms with Crippen LogP contribution in [0.5, 0.6) is 5.75 Å². The average molecular weight is 450 g/mol. The molecular formula is C24H23N3O2S2. The van der Waals surface area contributed by atoms with Crippen molar-refractivity contribution in [3.05, 3.63) is 65.0 Å². The van der Waals surface area contributed by atoms with E-state index in [2.05, 4.69) is 19.2 Å². The second-order valence-corrected chi connectivity index (χ2v) is 9.12. The zero-order valence-corrected chi connectivity index (χ0v) is 19.3. The lowest BCUT2D eigenvalue weighted by Gasteiger charge is -2.09. The third kappa shape index (κ3) is 4.73. The Hall–Kier alpha value is -2.90. The van der Waals surface area contributed by atoms with Gasteiger partial charge in [0.15, 0.2) is 5.82 Å². The Morgan fingerprint density at radius 3 is 2.52 bits per heavy atom. The molecule has 4 rings (SSSR count). The van der Waals surface area contributed by atoms with Crippen molar-refractivity contribution < 1.29 is 9.53 Å². The van der Waals surface area contributed by atoms with Crippen molar-refractivity contribution in [3.63, 3.8) is 0 Å². The van der Waals surface area contributed by atoms with Crippen LogP contribution in [0.15, 0.2) is 59.6 Å². The minimum absolute atomic E-state index is 0.0565. The molecule has 7 heteroatoms. The van der Waals surface area contributed by atoms with Gasteiger partial charge in [0.2, 0.25) is 5.91 Å². The maximum Gasteiger partial charge on any atom is 0.234 e. The van der Waals surface area contributed by atoms with Gasteiger partial charge in [0.25, 0.3) is 0 Å². The van der Waals surface area contributed by atoms with Crippen LogP contribution in [0.1, 0.15) is 17.4 Å². The number of nitrogens with one attached hydrogen (secondary N) is 1. The molecule has 4 aromatic rings. The highest BCUT2D eigenvalue weighted by Gasteiger charge is 2.18. The number of fused-ring (bicyclic) bond motifs is 1. The predicted octanol–water partition coefficient (Wildman–Crippen LogP) is 5.97. The molecule has 2 heterocycles. The van der Waals surface area contributed by atoms with Gasteiger partial charge in [-0.15, -0.1) is 11.3 Å². The molecule has 158 valence electrons. The smallest absolute Gasteiger partial charge is 0.234 e. The molecule has 0 saturated carbocycles. The summed E-state index contributed by atoms with van der Waals surface area (Å²) in [5.74, 6) is 1.67. The summed E-state index contributed by atoms with van der Waals surface area (Å²) in [5, 5.41) is 4.86. The van der Waals surface area contributed by atoms with E-state index in [0.717, 1.165) is 38.7 Å². The molecule has 0 aliphatic rings. The lowest BCUT2D eigenvalue weighted by atomic mass is 10.1. The van der Waals surface area contributed by atoms with Gasteiger partial charge in [-0.05, 0) is 55.3 Å². The minimum Gasteiger partial charge on any atom is -0.497 e. The van der Waals surface area contributed by atoms with Gasteiger partial charge in [0.1, 0.15) is 15.6 Å². The molecule has 0 saturated heterocycles. The van der Waals surface area contributed by atoms with Gasteiger partial charge in [0, 0.05) is 21.5 Å². The summed E-state index contributed by atoms with van der Waals surface area (Å²) in [6.45, 7) is 4.26. The summed E-state index contributed by atoms with van der Waals surface area (Å²) in [7, 11) is 1.65. The molecule has 0 fully saturated rings. The van der Waals surface area contributed by atoms with Crippen LogP contribution in [-0.4, -0.2) is 28.7 Å². The first-order chi connectivity index (χ1) is 15.1. The number of hydrogen-bond acceptors (Lipinski definition) is 6. The second kappa shape index (κ2) is 9.49. The van der Waals surface area contributed by atoms with Crippen LogP contribution in [0.3, 0.4) is 0 Å². The number of anilines is 1. The predicted molar refractivity (Wildman–Crippen MR) is 129 cm³/mol. The Bertz CT molecular complexity index is 1210. The van der Waals surface area contributed by atoms with Crippen LogP contribution in [0, 0.1) is 6.92 Å². The van der Waals surface area contributed by atoms with Crippen LogP contribution in [0.4, 0.5) is 5.69 Å². The molecule has 2 aromatic heterocycles. The normalized spacial score (nSPS) is 10.9. The number of para-hydroxylation sites is 1. The molecule has 1 N–H and O–H groups in total. The maximum absolute atomic E-state index is 12.5. The van der Waals surface area contributed by atoms with E-state index in [1.807, 2.05) is 54.6 Å². The molecule has 0 unspecified atom stereocenters. The number of rotatable bonds is 7. The van der Waals surface area contributed by atoms with Crippen molar-refractivity contribution in [2.45, 2.75) is 25.3 Å². The summed E-state index contributed by atoms with van der Waals surface area (Å²) in [6.07, 6.45) is 0.904. The summed E-state index contributed by atoms with van der Waals surface area (Å²) in [6, 6.07) is 17.2. The quantitative estimate of drug-likeness (QED) is 0.278. The lowest BCUT2D eigenvalue weighted by molar-refractivity contribution is -0.113. The number of benzene rings is 2. The van der Waals surface area contributed by atoms with Gasteiger partial charge in [-0.25, -0.2) is 9.97 Å². The monoisotopic (exact) mass is 449 g/mol. The fraction of sp³-hybridized carbons (Fsp3) is 0.208. The molecule has 0 bridgehead atoms. The third-order valence-electron chi connectivity index (χ3n) is 4.92. The SMILES string of the molecule is CCc1c(C)sc2nc(-c3ccc(OC)cc3)nc(SCC(=O)Nc3ccccc3)c12. The van der Waals surface area contributed by atoms with Gasteiger partial charge in [-0.1, -0.05) is 36.9 Å². The highest BCUT2D eigenvalue weighted by Crippen LogP contribution is 2.37. The number of thioether (sulfide) groups is 1. The van der Waals surface area contributed by atoms with Crippen molar-refractivity contribution >= 4 is 44.9 Å². The average Bonchev–Trinajstić information content (AvgIpc) is 3.13. The largest absolute Gasteiger partial charge is 0.497 e. The number of thiophene rings is 1. The maximum atomic E-state index is 12.5. The Balaban J connectivity index is 1.66. The van der Waals surface area contributed by atoms with Crippen LogP contribution in [-0.2, 0) is 11.2 Å². The fourth-order valence-electron chi connectivity index (χ4n) is 3.39. The van der Waals surface area contributed by atoms with Crippen LogP contribution in [0.2, 0.25) is 0 Å². The third-order valence-corrected chi connectivity index (χ3v) is 6.94. The molecule has 0 atom stereocenters. The van der Waals surface area contributed by atoms with Crippen LogP contribution >= 0.6 is 23.1 Å². The topological polar surface area (TPSA) is 64.1 Å². The number of methoxy groups -OCH3 is 1. The summed E-state index contributed by atoms with van der Waals surface area (Å²) < 4.78 is 5.26. The summed E-state index contributed by atoms with van der Waals surface area (Å²) in [5.41, 5.74) is 2.97. The van der Waals surface area contributed by atoms with Crippen molar-refractivity contribution in [3.8, 4) is 17.1 Å². The zero-order chi connectivity index (χ0) is 21.8. The number of aryl methyl sites for hydroxylation is 2. The van der Waals surface area contributed by atoms with E-state index in [0.29, 0.717) is 5.82 Å². The first kappa shape index (κ1) is 21.3. The van der Waals surface area contributed by atoms with E-state index in [9.17, 15) is 4.79 Å². The van der Waals surface area contributed by atoms with E-state index in [1.165, 1.54) is 22.2 Å². The molecule has 0 spiro atoms. The van der Waals surface area contributed by atoms with E-state index >= 15 is 0 Å². The van der Waals surface area contributed by atoms with E-state index < -0.39 is 0 Å². The number of ether oxygens (including phenoxy) is 1. The Morgan fingerprint density at radius 1 is 1.10 bits per heavy atom. The van der Waals surface area contributed by atoms with Gasteiger partial charge in [0.05, 0.1) is 12.9 Å².